The summed E-state index contributed by atoms with van der Waals surface area (Å²) in [6.45, 7) is 2.17. The van der Waals surface area contributed by atoms with Gasteiger partial charge in [0.2, 0.25) is 0 Å². The third kappa shape index (κ3) is 3.21. The molecule has 0 aliphatic heterocycles. The molecule has 0 radical (unpaired) electrons. The van der Waals surface area contributed by atoms with E-state index < -0.39 is 0 Å². The van der Waals surface area contributed by atoms with E-state index in [-0.39, 0.29) is 12.4 Å². The SMILES string of the molecule is CCOC(=O)Cc1cccc(Br)c1NN. The average molecular weight is 273 g/mol. The van der Waals surface area contributed by atoms with Crippen LogP contribution in [0.25, 0.3) is 0 Å². The number of carbonyl (C=O) groups is 1. The maximum atomic E-state index is 11.3. The van der Waals surface area contributed by atoms with Crippen LogP contribution >= 0.6 is 15.9 Å². The summed E-state index contributed by atoms with van der Waals surface area (Å²) in [4.78, 5) is 11.3. The van der Waals surface area contributed by atoms with Crippen molar-refractivity contribution < 1.29 is 9.53 Å². The predicted molar refractivity (Wildman–Crippen MR) is 62.3 cm³/mol. The molecule has 1 rings (SSSR count). The fourth-order valence-corrected chi connectivity index (χ4v) is 1.77. The molecule has 4 nitrogen and oxygen atoms in total. The zero-order chi connectivity index (χ0) is 11.3. The smallest absolute Gasteiger partial charge is 0.310 e. The first-order valence-corrected chi connectivity index (χ1v) is 5.38. The monoisotopic (exact) mass is 272 g/mol. The van der Waals surface area contributed by atoms with Crippen LogP contribution in [0, 0.1) is 0 Å². The minimum absolute atomic E-state index is 0.215. The van der Waals surface area contributed by atoms with Gasteiger partial charge in [0.25, 0.3) is 0 Å². The molecule has 0 aliphatic carbocycles. The van der Waals surface area contributed by atoms with E-state index in [1.165, 1.54) is 0 Å². The van der Waals surface area contributed by atoms with Crippen LogP contribution in [-0.2, 0) is 16.0 Å². The van der Waals surface area contributed by atoms with Crippen molar-refractivity contribution >= 4 is 27.6 Å². The first kappa shape index (κ1) is 12.0. The first-order valence-electron chi connectivity index (χ1n) is 4.58. The molecule has 0 atom stereocenters. The molecule has 0 unspecified atom stereocenters. The average Bonchev–Trinajstić information content (AvgIpc) is 2.18. The summed E-state index contributed by atoms with van der Waals surface area (Å²) < 4.78 is 5.69. The number of carbonyl (C=O) groups excluding carboxylic acids is 1. The Hall–Kier alpha value is -1.07. The van der Waals surface area contributed by atoms with Gasteiger partial charge in [0.15, 0.2) is 0 Å². The fraction of sp³-hybridized carbons (Fsp3) is 0.300. The van der Waals surface area contributed by atoms with Gasteiger partial charge >= 0.3 is 5.97 Å². The van der Waals surface area contributed by atoms with E-state index in [1.807, 2.05) is 18.2 Å². The van der Waals surface area contributed by atoms with E-state index in [9.17, 15) is 4.79 Å². The topological polar surface area (TPSA) is 64.3 Å². The van der Waals surface area contributed by atoms with Gasteiger partial charge < -0.3 is 10.2 Å². The molecule has 5 heteroatoms. The van der Waals surface area contributed by atoms with Gasteiger partial charge in [-0.2, -0.15) is 0 Å². The lowest BCUT2D eigenvalue weighted by atomic mass is 10.1. The van der Waals surface area contributed by atoms with E-state index in [4.69, 9.17) is 10.6 Å². The molecule has 15 heavy (non-hydrogen) atoms. The zero-order valence-electron chi connectivity index (χ0n) is 8.42. The van der Waals surface area contributed by atoms with Crippen LogP contribution in [0.2, 0.25) is 0 Å². The van der Waals surface area contributed by atoms with Crippen LogP contribution in [0.15, 0.2) is 22.7 Å². The van der Waals surface area contributed by atoms with E-state index in [0.717, 1.165) is 10.0 Å². The molecule has 0 fully saturated rings. The summed E-state index contributed by atoms with van der Waals surface area (Å²) >= 11 is 3.34. The van der Waals surface area contributed by atoms with Crippen molar-refractivity contribution in [2.24, 2.45) is 5.84 Å². The van der Waals surface area contributed by atoms with Crippen LogP contribution in [-0.4, -0.2) is 12.6 Å². The van der Waals surface area contributed by atoms with Crippen LogP contribution < -0.4 is 11.3 Å². The highest BCUT2D eigenvalue weighted by atomic mass is 79.9. The summed E-state index contributed by atoms with van der Waals surface area (Å²) in [6, 6.07) is 5.53. The largest absolute Gasteiger partial charge is 0.466 e. The highest BCUT2D eigenvalue weighted by molar-refractivity contribution is 9.10. The van der Waals surface area contributed by atoms with Gasteiger partial charge in [0.05, 0.1) is 18.7 Å². The van der Waals surface area contributed by atoms with Crippen molar-refractivity contribution in [2.45, 2.75) is 13.3 Å². The van der Waals surface area contributed by atoms with Gasteiger partial charge in [-0.25, -0.2) is 0 Å². The second-order valence-corrected chi connectivity index (χ2v) is 3.75. The van der Waals surface area contributed by atoms with Crippen molar-refractivity contribution in [3.8, 4) is 0 Å². The predicted octanol–water partition coefficient (Wildman–Crippen LogP) is 1.84. The molecule has 0 aliphatic rings. The molecular formula is C10H13BrN2O2. The van der Waals surface area contributed by atoms with Crippen molar-refractivity contribution in [3.05, 3.63) is 28.2 Å². The molecule has 0 spiro atoms. The van der Waals surface area contributed by atoms with Crippen molar-refractivity contribution in [1.82, 2.24) is 0 Å². The van der Waals surface area contributed by atoms with Crippen molar-refractivity contribution in [3.63, 3.8) is 0 Å². The quantitative estimate of drug-likeness (QED) is 0.499. The lowest BCUT2D eigenvalue weighted by Crippen LogP contribution is -2.13. The standard InChI is InChI=1S/C10H13BrN2O2/c1-2-15-9(14)6-7-4-3-5-8(11)10(7)13-12/h3-5,13H,2,6,12H2,1H3. The molecule has 0 saturated heterocycles. The lowest BCUT2D eigenvalue weighted by Gasteiger charge is -2.10. The lowest BCUT2D eigenvalue weighted by molar-refractivity contribution is -0.142. The Balaban J connectivity index is 2.84. The van der Waals surface area contributed by atoms with Crippen LogP contribution in [0.5, 0.6) is 0 Å². The van der Waals surface area contributed by atoms with Crippen molar-refractivity contribution in [2.75, 3.05) is 12.0 Å². The summed E-state index contributed by atoms with van der Waals surface area (Å²) in [5.74, 6) is 5.11. The number of hydrogen-bond acceptors (Lipinski definition) is 4. The van der Waals surface area contributed by atoms with Gasteiger partial charge in [0.1, 0.15) is 0 Å². The Kier molecular flexibility index (Phi) is 4.58. The van der Waals surface area contributed by atoms with E-state index in [0.29, 0.717) is 12.3 Å². The molecule has 3 N–H and O–H groups in total. The number of nitrogens with one attached hydrogen (secondary N) is 1. The minimum atomic E-state index is -0.257. The van der Waals surface area contributed by atoms with E-state index >= 15 is 0 Å². The Morgan fingerprint density at radius 2 is 2.33 bits per heavy atom. The molecule has 0 saturated carbocycles. The van der Waals surface area contributed by atoms with Gasteiger partial charge in [-0.05, 0) is 34.5 Å². The van der Waals surface area contributed by atoms with Crippen LogP contribution in [0.1, 0.15) is 12.5 Å². The number of anilines is 1. The zero-order valence-corrected chi connectivity index (χ0v) is 10.0. The minimum Gasteiger partial charge on any atom is -0.466 e. The normalized spacial score (nSPS) is 9.80. The summed E-state index contributed by atoms with van der Waals surface area (Å²) in [6.07, 6.45) is 0.215. The van der Waals surface area contributed by atoms with Crippen LogP contribution in [0.4, 0.5) is 5.69 Å². The number of ether oxygens (including phenoxy) is 1. The number of hydrazine groups is 1. The summed E-state index contributed by atoms with van der Waals surface area (Å²) in [5, 5.41) is 0. The molecule has 1 aromatic carbocycles. The number of nitrogen functional groups attached to an aromatic ring is 1. The first-order chi connectivity index (χ1) is 7.19. The number of para-hydroxylation sites is 1. The highest BCUT2D eigenvalue weighted by Gasteiger charge is 2.10. The molecule has 82 valence electrons. The molecule has 0 amide bonds. The summed E-state index contributed by atoms with van der Waals surface area (Å²) in [7, 11) is 0. The maximum absolute atomic E-state index is 11.3. The van der Waals surface area contributed by atoms with E-state index in [2.05, 4.69) is 21.4 Å². The number of rotatable bonds is 4. The summed E-state index contributed by atoms with van der Waals surface area (Å²) in [5.41, 5.74) is 4.08. The van der Waals surface area contributed by atoms with E-state index in [1.54, 1.807) is 6.92 Å². The number of hydrogen-bond donors (Lipinski definition) is 2. The maximum Gasteiger partial charge on any atom is 0.310 e. The van der Waals surface area contributed by atoms with Gasteiger partial charge in [-0.15, -0.1) is 0 Å². The molecule has 0 bridgehead atoms. The number of esters is 1. The second kappa shape index (κ2) is 5.72. The molecular weight excluding hydrogens is 260 g/mol. The Labute approximate surface area is 96.9 Å². The Bertz CT molecular complexity index is 355. The fourth-order valence-electron chi connectivity index (χ4n) is 1.25. The Morgan fingerprint density at radius 3 is 2.93 bits per heavy atom. The number of halogens is 1. The third-order valence-electron chi connectivity index (χ3n) is 1.88. The number of benzene rings is 1. The third-order valence-corrected chi connectivity index (χ3v) is 2.55. The molecule has 1 aromatic rings. The van der Waals surface area contributed by atoms with Crippen LogP contribution in [0.3, 0.4) is 0 Å². The molecule has 0 heterocycles. The van der Waals surface area contributed by atoms with Gasteiger partial charge in [-0.3, -0.25) is 10.6 Å². The molecule has 0 aromatic heterocycles. The van der Waals surface area contributed by atoms with Gasteiger partial charge in [0, 0.05) is 4.47 Å². The van der Waals surface area contributed by atoms with Crippen molar-refractivity contribution in [1.29, 1.82) is 0 Å². The highest BCUT2D eigenvalue weighted by Crippen LogP contribution is 2.25. The second-order valence-electron chi connectivity index (χ2n) is 2.90. The Morgan fingerprint density at radius 1 is 1.60 bits per heavy atom. The van der Waals surface area contributed by atoms with Gasteiger partial charge in [-0.1, -0.05) is 12.1 Å². The number of nitrogens with two attached hydrogens (primary N) is 1.